The number of thiophene rings is 1. The van der Waals surface area contributed by atoms with Crippen molar-refractivity contribution >= 4 is 34.1 Å². The standard InChI is InChI=1S/C22H25N3O2S/c1-15(26)24-20(21-7-4-12-28-21)13-22(27)25-10-8-16(9-11-25)18-14-23-19-6-3-2-5-17(18)19/h2-7,12,14,16,20,23H,8-11,13H2,1H3,(H,24,26). The maximum absolute atomic E-state index is 12.9. The minimum absolute atomic E-state index is 0.107. The van der Waals surface area contributed by atoms with Crippen LogP contribution in [0, 0.1) is 0 Å². The Balaban J connectivity index is 1.39. The lowest BCUT2D eigenvalue weighted by Crippen LogP contribution is -2.40. The predicted octanol–water partition coefficient (Wildman–Crippen LogP) is 4.20. The Labute approximate surface area is 168 Å². The summed E-state index contributed by atoms with van der Waals surface area (Å²) in [5, 5.41) is 6.18. The topological polar surface area (TPSA) is 65.2 Å². The molecule has 1 unspecified atom stereocenters. The van der Waals surface area contributed by atoms with Crippen LogP contribution in [0.2, 0.25) is 0 Å². The first kappa shape index (κ1) is 18.7. The summed E-state index contributed by atoms with van der Waals surface area (Å²) < 4.78 is 0. The number of nitrogens with zero attached hydrogens (tertiary/aromatic N) is 1. The monoisotopic (exact) mass is 395 g/mol. The molecule has 0 bridgehead atoms. The van der Waals surface area contributed by atoms with E-state index in [4.69, 9.17) is 0 Å². The SMILES string of the molecule is CC(=O)NC(CC(=O)N1CCC(c2c[nH]c3ccccc23)CC1)c1cccs1. The van der Waals surface area contributed by atoms with Crippen LogP contribution in [0.4, 0.5) is 0 Å². The van der Waals surface area contributed by atoms with Crippen LogP contribution in [0.25, 0.3) is 10.9 Å². The van der Waals surface area contributed by atoms with E-state index in [1.54, 1.807) is 11.3 Å². The highest BCUT2D eigenvalue weighted by atomic mass is 32.1. The Morgan fingerprint density at radius 1 is 1.21 bits per heavy atom. The van der Waals surface area contributed by atoms with E-state index in [2.05, 4.69) is 34.7 Å². The summed E-state index contributed by atoms with van der Waals surface area (Å²) in [6, 6.07) is 12.1. The van der Waals surface area contributed by atoms with Crippen molar-refractivity contribution < 1.29 is 9.59 Å². The van der Waals surface area contributed by atoms with Gasteiger partial charge in [0.2, 0.25) is 11.8 Å². The number of aromatic amines is 1. The number of carbonyl (C=O) groups is 2. The van der Waals surface area contributed by atoms with Crippen molar-refractivity contribution in [3.63, 3.8) is 0 Å². The number of likely N-dealkylation sites (tertiary alicyclic amines) is 1. The largest absolute Gasteiger partial charge is 0.361 e. The molecule has 1 fully saturated rings. The molecule has 1 aliphatic heterocycles. The summed E-state index contributed by atoms with van der Waals surface area (Å²) in [6.07, 6.45) is 4.38. The van der Waals surface area contributed by atoms with Gasteiger partial charge in [-0.2, -0.15) is 0 Å². The Kier molecular flexibility index (Phi) is 5.48. The smallest absolute Gasteiger partial charge is 0.225 e. The van der Waals surface area contributed by atoms with Gasteiger partial charge in [-0.1, -0.05) is 24.3 Å². The fraction of sp³-hybridized carbons (Fsp3) is 0.364. The molecule has 28 heavy (non-hydrogen) atoms. The van der Waals surface area contributed by atoms with Crippen LogP contribution in [-0.2, 0) is 9.59 Å². The third kappa shape index (κ3) is 3.97. The number of rotatable bonds is 5. The molecule has 1 aromatic carbocycles. The van der Waals surface area contributed by atoms with Gasteiger partial charge in [0.25, 0.3) is 0 Å². The van der Waals surface area contributed by atoms with Gasteiger partial charge >= 0.3 is 0 Å². The molecule has 1 saturated heterocycles. The molecule has 0 saturated carbocycles. The minimum atomic E-state index is -0.239. The number of H-pyrrole nitrogens is 1. The molecule has 4 rings (SSSR count). The van der Waals surface area contributed by atoms with Gasteiger partial charge < -0.3 is 15.2 Å². The molecular formula is C22H25N3O2S. The number of benzene rings is 1. The second-order valence-corrected chi connectivity index (χ2v) is 8.40. The third-order valence-electron chi connectivity index (χ3n) is 5.55. The van der Waals surface area contributed by atoms with Crippen LogP contribution >= 0.6 is 11.3 Å². The molecule has 0 spiro atoms. The highest BCUT2D eigenvalue weighted by Gasteiger charge is 2.27. The van der Waals surface area contributed by atoms with E-state index in [1.807, 2.05) is 28.5 Å². The Hall–Kier alpha value is -2.60. The number of fused-ring (bicyclic) bond motifs is 1. The van der Waals surface area contributed by atoms with Gasteiger partial charge in [0.15, 0.2) is 0 Å². The predicted molar refractivity (Wildman–Crippen MR) is 112 cm³/mol. The quantitative estimate of drug-likeness (QED) is 0.680. The lowest BCUT2D eigenvalue weighted by atomic mass is 9.89. The number of para-hydroxylation sites is 1. The number of carbonyl (C=O) groups excluding carboxylic acids is 2. The van der Waals surface area contributed by atoms with Crippen molar-refractivity contribution in [3.05, 3.63) is 58.4 Å². The Morgan fingerprint density at radius 2 is 2.00 bits per heavy atom. The van der Waals surface area contributed by atoms with E-state index in [0.29, 0.717) is 12.3 Å². The van der Waals surface area contributed by atoms with Crippen LogP contribution in [-0.4, -0.2) is 34.8 Å². The zero-order chi connectivity index (χ0) is 19.5. The first-order chi connectivity index (χ1) is 13.6. The van der Waals surface area contributed by atoms with E-state index < -0.39 is 0 Å². The van der Waals surface area contributed by atoms with Crippen LogP contribution < -0.4 is 5.32 Å². The molecule has 0 aliphatic carbocycles. The highest BCUT2D eigenvalue weighted by Crippen LogP contribution is 2.33. The van der Waals surface area contributed by atoms with E-state index >= 15 is 0 Å². The van der Waals surface area contributed by atoms with Crippen molar-refractivity contribution in [2.75, 3.05) is 13.1 Å². The van der Waals surface area contributed by atoms with Crippen molar-refractivity contribution in [2.45, 2.75) is 38.1 Å². The first-order valence-electron chi connectivity index (χ1n) is 9.76. The second-order valence-electron chi connectivity index (χ2n) is 7.42. The Bertz CT molecular complexity index is 955. The highest BCUT2D eigenvalue weighted by molar-refractivity contribution is 7.10. The fourth-order valence-corrected chi connectivity index (χ4v) is 4.91. The first-order valence-corrected chi connectivity index (χ1v) is 10.6. The second kappa shape index (κ2) is 8.19. The zero-order valence-corrected chi connectivity index (χ0v) is 16.8. The summed E-state index contributed by atoms with van der Waals surface area (Å²) >= 11 is 1.57. The molecule has 146 valence electrons. The summed E-state index contributed by atoms with van der Waals surface area (Å²) in [6.45, 7) is 3.03. The Morgan fingerprint density at radius 3 is 2.71 bits per heavy atom. The molecule has 3 heterocycles. The van der Waals surface area contributed by atoms with Gasteiger partial charge in [0, 0.05) is 42.0 Å². The summed E-state index contributed by atoms with van der Waals surface area (Å²) in [4.78, 5) is 30.8. The van der Waals surface area contributed by atoms with Gasteiger partial charge in [-0.3, -0.25) is 9.59 Å². The van der Waals surface area contributed by atoms with Crippen LogP contribution in [0.1, 0.15) is 48.6 Å². The van der Waals surface area contributed by atoms with Crippen molar-refractivity contribution in [2.24, 2.45) is 0 Å². The number of aromatic nitrogens is 1. The molecule has 5 nitrogen and oxygen atoms in total. The van der Waals surface area contributed by atoms with E-state index in [9.17, 15) is 9.59 Å². The minimum Gasteiger partial charge on any atom is -0.361 e. The van der Waals surface area contributed by atoms with E-state index in [-0.39, 0.29) is 17.9 Å². The lowest BCUT2D eigenvalue weighted by Gasteiger charge is -2.33. The normalized spacial score (nSPS) is 16.2. The van der Waals surface area contributed by atoms with Crippen LogP contribution in [0.3, 0.4) is 0 Å². The molecule has 1 atom stereocenters. The molecular weight excluding hydrogens is 370 g/mol. The zero-order valence-electron chi connectivity index (χ0n) is 16.0. The lowest BCUT2D eigenvalue weighted by molar-refractivity contribution is -0.133. The fourth-order valence-electron chi connectivity index (χ4n) is 4.13. The summed E-state index contributed by atoms with van der Waals surface area (Å²) in [7, 11) is 0. The van der Waals surface area contributed by atoms with E-state index in [0.717, 1.165) is 30.8 Å². The number of nitrogens with one attached hydrogen (secondary N) is 2. The number of piperidine rings is 1. The summed E-state index contributed by atoms with van der Waals surface area (Å²) in [5.41, 5.74) is 2.53. The third-order valence-corrected chi connectivity index (χ3v) is 6.54. The van der Waals surface area contributed by atoms with Gasteiger partial charge in [-0.25, -0.2) is 0 Å². The number of hydrogen-bond acceptors (Lipinski definition) is 3. The molecule has 6 heteroatoms. The maximum Gasteiger partial charge on any atom is 0.225 e. The van der Waals surface area contributed by atoms with Crippen molar-refractivity contribution in [1.29, 1.82) is 0 Å². The van der Waals surface area contributed by atoms with Crippen LogP contribution in [0.5, 0.6) is 0 Å². The van der Waals surface area contributed by atoms with Gasteiger partial charge in [-0.15, -0.1) is 11.3 Å². The van der Waals surface area contributed by atoms with Crippen LogP contribution in [0.15, 0.2) is 48.0 Å². The summed E-state index contributed by atoms with van der Waals surface area (Å²) in [5.74, 6) is 0.484. The maximum atomic E-state index is 12.9. The molecule has 1 aliphatic rings. The average Bonchev–Trinajstić information content (AvgIpc) is 3.37. The number of amides is 2. The molecule has 2 amide bonds. The number of hydrogen-bond donors (Lipinski definition) is 2. The van der Waals surface area contributed by atoms with Crippen molar-refractivity contribution in [3.8, 4) is 0 Å². The van der Waals surface area contributed by atoms with Crippen molar-refractivity contribution in [1.82, 2.24) is 15.2 Å². The van der Waals surface area contributed by atoms with Gasteiger partial charge in [-0.05, 0) is 41.8 Å². The molecule has 2 aromatic heterocycles. The molecule has 0 radical (unpaired) electrons. The molecule has 3 aromatic rings. The van der Waals surface area contributed by atoms with Gasteiger partial charge in [0.1, 0.15) is 0 Å². The average molecular weight is 396 g/mol. The van der Waals surface area contributed by atoms with E-state index in [1.165, 1.54) is 23.4 Å². The van der Waals surface area contributed by atoms with Gasteiger partial charge in [0.05, 0.1) is 12.5 Å². The molecule has 2 N–H and O–H groups in total.